The first-order chi connectivity index (χ1) is 9.69. The predicted molar refractivity (Wildman–Crippen MR) is 81.5 cm³/mol. The number of hydrogen-bond acceptors (Lipinski definition) is 4. The average molecular weight is 278 g/mol. The smallest absolute Gasteiger partial charge is 0.161 e. The second-order valence-corrected chi connectivity index (χ2v) is 5.65. The summed E-state index contributed by atoms with van der Waals surface area (Å²) < 4.78 is 11.2. The lowest BCUT2D eigenvalue weighted by Crippen LogP contribution is -2.16. The molecule has 0 saturated heterocycles. The molecule has 0 spiro atoms. The number of nitrogens with one attached hydrogen (secondary N) is 1. The first-order valence-corrected chi connectivity index (χ1v) is 7.37. The first kappa shape index (κ1) is 15.1. The highest BCUT2D eigenvalue weighted by Gasteiger charge is 2.20. The molecular weight excluding hydrogens is 252 g/mol. The molecule has 0 atom stereocenters. The van der Waals surface area contributed by atoms with E-state index in [0.717, 1.165) is 37.1 Å². The molecule has 1 saturated carbocycles. The van der Waals surface area contributed by atoms with Crippen molar-refractivity contribution in [3.63, 3.8) is 0 Å². The van der Waals surface area contributed by atoms with Gasteiger partial charge < -0.3 is 19.7 Å². The van der Waals surface area contributed by atoms with Crippen molar-refractivity contribution in [2.24, 2.45) is 0 Å². The molecule has 0 bridgehead atoms. The molecule has 0 heterocycles. The minimum Gasteiger partial charge on any atom is -0.493 e. The van der Waals surface area contributed by atoms with E-state index in [4.69, 9.17) is 9.47 Å². The fraction of sp³-hybridized carbons (Fsp3) is 0.625. The van der Waals surface area contributed by atoms with E-state index in [1.54, 1.807) is 7.11 Å². The van der Waals surface area contributed by atoms with Gasteiger partial charge in [0.2, 0.25) is 0 Å². The molecule has 0 radical (unpaired) electrons. The first-order valence-electron chi connectivity index (χ1n) is 7.37. The summed E-state index contributed by atoms with van der Waals surface area (Å²) in [5.74, 6) is 1.66. The van der Waals surface area contributed by atoms with Crippen LogP contribution < -0.4 is 14.8 Å². The van der Waals surface area contributed by atoms with Gasteiger partial charge in [-0.1, -0.05) is 6.07 Å². The van der Waals surface area contributed by atoms with Crippen molar-refractivity contribution in [1.29, 1.82) is 0 Å². The highest BCUT2D eigenvalue weighted by molar-refractivity contribution is 5.43. The third kappa shape index (κ3) is 5.02. The topological polar surface area (TPSA) is 33.7 Å². The number of ether oxygens (including phenoxy) is 2. The summed E-state index contributed by atoms with van der Waals surface area (Å²) in [6.07, 6.45) is 3.63. The molecule has 0 amide bonds. The largest absolute Gasteiger partial charge is 0.493 e. The van der Waals surface area contributed by atoms with Crippen molar-refractivity contribution in [1.82, 2.24) is 10.2 Å². The molecule has 4 nitrogen and oxygen atoms in total. The summed E-state index contributed by atoms with van der Waals surface area (Å²) in [5, 5.41) is 3.52. The van der Waals surface area contributed by atoms with Crippen LogP contribution in [0.5, 0.6) is 11.5 Å². The van der Waals surface area contributed by atoms with Crippen LogP contribution in [-0.2, 0) is 6.54 Å². The van der Waals surface area contributed by atoms with Crippen LogP contribution in [0.2, 0.25) is 0 Å². The van der Waals surface area contributed by atoms with Crippen LogP contribution in [0.4, 0.5) is 0 Å². The summed E-state index contributed by atoms with van der Waals surface area (Å²) in [6.45, 7) is 2.65. The molecule has 1 aromatic rings. The Morgan fingerprint density at radius 1 is 1.25 bits per heavy atom. The maximum Gasteiger partial charge on any atom is 0.161 e. The molecule has 0 aromatic heterocycles. The van der Waals surface area contributed by atoms with E-state index in [0.29, 0.717) is 6.61 Å². The Morgan fingerprint density at radius 3 is 2.70 bits per heavy atom. The molecule has 1 aliphatic carbocycles. The van der Waals surface area contributed by atoms with Gasteiger partial charge in [-0.3, -0.25) is 0 Å². The van der Waals surface area contributed by atoms with Crippen LogP contribution in [-0.4, -0.2) is 45.3 Å². The Bertz CT molecular complexity index is 417. The number of benzene rings is 1. The predicted octanol–water partition coefficient (Wildman–Crippen LogP) is 2.28. The van der Waals surface area contributed by atoms with Crippen LogP contribution in [0.1, 0.15) is 24.8 Å². The highest BCUT2D eigenvalue weighted by atomic mass is 16.5. The minimum absolute atomic E-state index is 0.716. The van der Waals surface area contributed by atoms with E-state index in [9.17, 15) is 0 Å². The zero-order valence-electron chi connectivity index (χ0n) is 12.8. The SMILES string of the molecule is COc1ccc(CNC2CC2)cc1OCCCN(C)C. The van der Waals surface area contributed by atoms with Crippen LogP contribution in [0.15, 0.2) is 18.2 Å². The van der Waals surface area contributed by atoms with E-state index in [2.05, 4.69) is 36.4 Å². The van der Waals surface area contributed by atoms with Gasteiger partial charge >= 0.3 is 0 Å². The second kappa shape index (κ2) is 7.50. The zero-order valence-corrected chi connectivity index (χ0v) is 12.8. The Kier molecular flexibility index (Phi) is 5.68. The van der Waals surface area contributed by atoms with Gasteiger partial charge in [-0.15, -0.1) is 0 Å². The fourth-order valence-corrected chi connectivity index (χ4v) is 2.06. The number of hydrogen-bond donors (Lipinski definition) is 1. The van der Waals surface area contributed by atoms with Gasteiger partial charge in [0.25, 0.3) is 0 Å². The Balaban J connectivity index is 1.87. The standard InChI is InChI=1S/C16H26N2O2/c1-18(2)9-4-10-20-16-11-13(5-8-15(16)19-3)12-17-14-6-7-14/h5,8,11,14,17H,4,6-7,9-10,12H2,1-3H3. The van der Waals surface area contributed by atoms with Crippen LogP contribution in [0.3, 0.4) is 0 Å². The number of rotatable bonds is 9. The Morgan fingerprint density at radius 2 is 2.05 bits per heavy atom. The van der Waals surface area contributed by atoms with Gasteiger partial charge in [0.15, 0.2) is 11.5 Å². The van der Waals surface area contributed by atoms with Gasteiger partial charge in [0, 0.05) is 19.1 Å². The Hall–Kier alpha value is -1.26. The third-order valence-corrected chi connectivity index (χ3v) is 3.41. The highest BCUT2D eigenvalue weighted by Crippen LogP contribution is 2.28. The van der Waals surface area contributed by atoms with Crippen molar-refractivity contribution in [2.45, 2.75) is 31.8 Å². The molecule has 1 aromatic carbocycles. The normalized spacial score (nSPS) is 14.6. The van der Waals surface area contributed by atoms with Crippen molar-refractivity contribution in [3.05, 3.63) is 23.8 Å². The van der Waals surface area contributed by atoms with Gasteiger partial charge in [-0.2, -0.15) is 0 Å². The number of nitrogens with zero attached hydrogens (tertiary/aromatic N) is 1. The van der Waals surface area contributed by atoms with Crippen molar-refractivity contribution in [2.75, 3.05) is 34.4 Å². The van der Waals surface area contributed by atoms with Gasteiger partial charge in [0.1, 0.15) is 0 Å². The molecule has 112 valence electrons. The molecule has 0 unspecified atom stereocenters. The van der Waals surface area contributed by atoms with Crippen LogP contribution >= 0.6 is 0 Å². The van der Waals surface area contributed by atoms with E-state index in [1.165, 1.54) is 18.4 Å². The summed E-state index contributed by atoms with van der Waals surface area (Å²) in [6, 6.07) is 6.90. The molecule has 2 rings (SSSR count). The maximum atomic E-state index is 5.86. The lowest BCUT2D eigenvalue weighted by atomic mass is 10.2. The van der Waals surface area contributed by atoms with Crippen molar-refractivity contribution in [3.8, 4) is 11.5 Å². The van der Waals surface area contributed by atoms with E-state index >= 15 is 0 Å². The van der Waals surface area contributed by atoms with E-state index < -0.39 is 0 Å². The zero-order chi connectivity index (χ0) is 14.4. The summed E-state index contributed by atoms with van der Waals surface area (Å²) in [4.78, 5) is 2.16. The van der Waals surface area contributed by atoms with Crippen LogP contribution in [0, 0.1) is 0 Å². The summed E-state index contributed by atoms with van der Waals surface area (Å²) in [7, 11) is 5.83. The maximum absolute atomic E-state index is 5.86. The molecule has 0 aliphatic heterocycles. The second-order valence-electron chi connectivity index (χ2n) is 5.65. The van der Waals surface area contributed by atoms with E-state index in [1.807, 2.05) is 6.07 Å². The molecule has 4 heteroatoms. The molecule has 1 aliphatic rings. The van der Waals surface area contributed by atoms with Crippen LogP contribution in [0.25, 0.3) is 0 Å². The monoisotopic (exact) mass is 278 g/mol. The minimum atomic E-state index is 0.716. The lowest BCUT2D eigenvalue weighted by Gasteiger charge is -2.14. The average Bonchev–Trinajstić information content (AvgIpc) is 3.25. The van der Waals surface area contributed by atoms with E-state index in [-0.39, 0.29) is 0 Å². The summed E-state index contributed by atoms with van der Waals surface area (Å²) in [5.41, 5.74) is 1.25. The molecule has 1 fully saturated rings. The Labute approximate surface area is 122 Å². The van der Waals surface area contributed by atoms with Crippen molar-refractivity contribution < 1.29 is 9.47 Å². The fourth-order valence-electron chi connectivity index (χ4n) is 2.06. The molecule has 1 N–H and O–H groups in total. The van der Waals surface area contributed by atoms with Gasteiger partial charge in [-0.05, 0) is 51.1 Å². The lowest BCUT2D eigenvalue weighted by molar-refractivity contribution is 0.268. The number of methoxy groups -OCH3 is 1. The third-order valence-electron chi connectivity index (χ3n) is 3.41. The van der Waals surface area contributed by atoms with Gasteiger partial charge in [-0.25, -0.2) is 0 Å². The molecule has 20 heavy (non-hydrogen) atoms. The molecular formula is C16H26N2O2. The van der Waals surface area contributed by atoms with Gasteiger partial charge in [0.05, 0.1) is 13.7 Å². The quantitative estimate of drug-likeness (QED) is 0.703. The van der Waals surface area contributed by atoms with Crippen molar-refractivity contribution >= 4 is 0 Å². The summed E-state index contributed by atoms with van der Waals surface area (Å²) >= 11 is 0.